The van der Waals surface area contributed by atoms with Crippen LogP contribution in [0, 0.1) is 6.92 Å². The third-order valence-electron chi connectivity index (χ3n) is 4.90. The van der Waals surface area contributed by atoms with Crippen LogP contribution in [0.5, 0.6) is 0 Å². The van der Waals surface area contributed by atoms with Crippen LogP contribution in [0.25, 0.3) is 5.65 Å². The number of amides is 1. The predicted molar refractivity (Wildman–Crippen MR) is 98.9 cm³/mol. The van der Waals surface area contributed by atoms with E-state index in [0.717, 1.165) is 49.4 Å². The van der Waals surface area contributed by atoms with E-state index in [1.165, 1.54) is 4.88 Å². The molecule has 6 heteroatoms. The number of piperidine rings is 1. The molecule has 0 radical (unpaired) electrons. The van der Waals surface area contributed by atoms with Crippen molar-refractivity contribution in [1.29, 1.82) is 0 Å². The summed E-state index contributed by atoms with van der Waals surface area (Å²) in [4.78, 5) is 20.5. The lowest BCUT2D eigenvalue weighted by Crippen LogP contribution is -2.38. The van der Waals surface area contributed by atoms with Crippen molar-refractivity contribution < 1.29 is 4.79 Å². The van der Waals surface area contributed by atoms with Gasteiger partial charge in [0.2, 0.25) is 5.91 Å². The Morgan fingerprint density at radius 3 is 2.92 bits per heavy atom. The standard InChI is InChI=1S/C19H22N4OS/c1-14-13-18-20-17(8-11-23(18)21-14)15-6-9-22(10-7-15)19(24)5-4-16-3-2-12-25-16/h2-3,8,11-13,15H,4-7,9-10H2,1H3. The molecule has 0 bridgehead atoms. The monoisotopic (exact) mass is 354 g/mol. The Hall–Kier alpha value is -2.21. The van der Waals surface area contributed by atoms with E-state index in [1.54, 1.807) is 11.3 Å². The Bertz CT molecular complexity index is 863. The first-order valence-corrected chi connectivity index (χ1v) is 9.70. The average Bonchev–Trinajstić information content (AvgIpc) is 3.27. The fraction of sp³-hybridized carbons (Fsp3) is 0.421. The number of rotatable bonds is 4. The van der Waals surface area contributed by atoms with Crippen molar-refractivity contribution in [2.45, 2.75) is 38.5 Å². The van der Waals surface area contributed by atoms with Crippen LogP contribution in [0.1, 0.15) is 41.4 Å². The van der Waals surface area contributed by atoms with Crippen LogP contribution in [0.15, 0.2) is 35.8 Å². The van der Waals surface area contributed by atoms with Crippen LogP contribution >= 0.6 is 11.3 Å². The van der Waals surface area contributed by atoms with Crippen molar-refractivity contribution in [2.75, 3.05) is 13.1 Å². The number of hydrogen-bond donors (Lipinski definition) is 0. The Morgan fingerprint density at radius 1 is 1.32 bits per heavy atom. The number of nitrogens with zero attached hydrogens (tertiary/aromatic N) is 4. The third-order valence-corrected chi connectivity index (χ3v) is 5.84. The van der Waals surface area contributed by atoms with Gasteiger partial charge in [-0.15, -0.1) is 11.3 Å². The second-order valence-electron chi connectivity index (χ2n) is 6.68. The third kappa shape index (κ3) is 3.58. The molecule has 4 rings (SSSR count). The molecule has 1 aliphatic rings. The fourth-order valence-corrected chi connectivity index (χ4v) is 4.22. The molecule has 0 N–H and O–H groups in total. The molecule has 0 unspecified atom stereocenters. The van der Waals surface area contributed by atoms with Crippen LogP contribution < -0.4 is 0 Å². The molecule has 1 fully saturated rings. The van der Waals surface area contributed by atoms with Crippen molar-refractivity contribution in [3.63, 3.8) is 0 Å². The largest absolute Gasteiger partial charge is 0.343 e. The zero-order valence-electron chi connectivity index (χ0n) is 14.4. The molecule has 130 valence electrons. The van der Waals surface area contributed by atoms with E-state index < -0.39 is 0 Å². The van der Waals surface area contributed by atoms with Crippen LogP contribution in [-0.2, 0) is 11.2 Å². The lowest BCUT2D eigenvalue weighted by atomic mass is 9.93. The molecular weight excluding hydrogens is 332 g/mol. The molecule has 0 aromatic carbocycles. The molecule has 25 heavy (non-hydrogen) atoms. The first-order chi connectivity index (χ1) is 12.2. The number of aryl methyl sites for hydroxylation is 2. The first kappa shape index (κ1) is 16.3. The van der Waals surface area contributed by atoms with Gasteiger partial charge in [0.15, 0.2) is 5.65 Å². The van der Waals surface area contributed by atoms with Gasteiger partial charge in [-0.25, -0.2) is 9.50 Å². The molecule has 1 amide bonds. The van der Waals surface area contributed by atoms with Crippen LogP contribution in [0.4, 0.5) is 0 Å². The maximum atomic E-state index is 12.4. The van der Waals surface area contributed by atoms with Crippen LogP contribution in [0.3, 0.4) is 0 Å². The number of likely N-dealkylation sites (tertiary alicyclic amines) is 1. The summed E-state index contributed by atoms with van der Waals surface area (Å²) in [5.74, 6) is 0.711. The quantitative estimate of drug-likeness (QED) is 0.721. The zero-order valence-corrected chi connectivity index (χ0v) is 15.2. The summed E-state index contributed by atoms with van der Waals surface area (Å²) in [6.07, 6.45) is 5.44. The van der Waals surface area contributed by atoms with E-state index in [0.29, 0.717) is 12.3 Å². The van der Waals surface area contributed by atoms with Crippen molar-refractivity contribution >= 4 is 22.9 Å². The zero-order chi connectivity index (χ0) is 17.2. The summed E-state index contributed by atoms with van der Waals surface area (Å²) < 4.78 is 1.82. The molecule has 0 aliphatic carbocycles. The maximum absolute atomic E-state index is 12.4. The fourth-order valence-electron chi connectivity index (χ4n) is 3.51. The summed E-state index contributed by atoms with van der Waals surface area (Å²) in [7, 11) is 0. The molecular formula is C19H22N4OS. The second-order valence-corrected chi connectivity index (χ2v) is 7.71. The minimum absolute atomic E-state index is 0.279. The van der Waals surface area contributed by atoms with Gasteiger partial charge in [-0.2, -0.15) is 5.10 Å². The molecule has 0 spiro atoms. The van der Waals surface area contributed by atoms with Crippen LogP contribution in [0.2, 0.25) is 0 Å². The average molecular weight is 354 g/mol. The topological polar surface area (TPSA) is 50.5 Å². The van der Waals surface area contributed by atoms with Gasteiger partial charge in [-0.3, -0.25) is 4.79 Å². The Morgan fingerprint density at radius 2 is 2.16 bits per heavy atom. The van der Waals surface area contributed by atoms with Gasteiger partial charge in [0.25, 0.3) is 0 Å². The molecule has 0 saturated carbocycles. The minimum Gasteiger partial charge on any atom is -0.343 e. The van der Waals surface area contributed by atoms with E-state index in [4.69, 9.17) is 4.98 Å². The van der Waals surface area contributed by atoms with Crippen molar-refractivity contribution in [1.82, 2.24) is 19.5 Å². The van der Waals surface area contributed by atoms with E-state index in [2.05, 4.69) is 22.6 Å². The number of carbonyl (C=O) groups is 1. The highest BCUT2D eigenvalue weighted by molar-refractivity contribution is 7.09. The summed E-state index contributed by atoms with van der Waals surface area (Å²) >= 11 is 1.73. The van der Waals surface area contributed by atoms with Gasteiger partial charge >= 0.3 is 0 Å². The Labute approximate surface area is 151 Å². The molecule has 3 aromatic rings. The van der Waals surface area contributed by atoms with Gasteiger partial charge in [0.05, 0.1) is 5.69 Å². The number of fused-ring (bicyclic) bond motifs is 1. The van der Waals surface area contributed by atoms with E-state index in [9.17, 15) is 4.79 Å². The number of thiophene rings is 1. The van der Waals surface area contributed by atoms with Crippen molar-refractivity contribution in [3.05, 3.63) is 52.1 Å². The van der Waals surface area contributed by atoms with Crippen molar-refractivity contribution in [3.8, 4) is 0 Å². The molecule has 1 saturated heterocycles. The summed E-state index contributed by atoms with van der Waals surface area (Å²) in [6.45, 7) is 3.65. The van der Waals surface area contributed by atoms with Crippen LogP contribution in [-0.4, -0.2) is 38.5 Å². The normalized spacial score (nSPS) is 15.8. The Balaban J connectivity index is 1.34. The summed E-state index contributed by atoms with van der Waals surface area (Å²) in [6, 6.07) is 8.22. The number of aromatic nitrogens is 3. The number of carbonyl (C=O) groups excluding carboxylic acids is 1. The molecule has 0 atom stereocenters. The molecule has 3 aromatic heterocycles. The smallest absolute Gasteiger partial charge is 0.222 e. The molecule has 1 aliphatic heterocycles. The maximum Gasteiger partial charge on any atom is 0.222 e. The second kappa shape index (κ2) is 6.96. The lowest BCUT2D eigenvalue weighted by molar-refractivity contribution is -0.132. The summed E-state index contributed by atoms with van der Waals surface area (Å²) in [5, 5.41) is 6.44. The highest BCUT2D eigenvalue weighted by Crippen LogP contribution is 2.27. The highest BCUT2D eigenvalue weighted by Gasteiger charge is 2.24. The van der Waals surface area contributed by atoms with Gasteiger partial charge in [0, 0.05) is 48.3 Å². The lowest BCUT2D eigenvalue weighted by Gasteiger charge is -2.31. The number of hydrogen-bond acceptors (Lipinski definition) is 4. The molecule has 4 heterocycles. The van der Waals surface area contributed by atoms with E-state index in [1.807, 2.05) is 34.7 Å². The van der Waals surface area contributed by atoms with E-state index in [-0.39, 0.29) is 5.91 Å². The Kier molecular flexibility index (Phi) is 4.53. The highest BCUT2D eigenvalue weighted by atomic mass is 32.1. The molecule has 5 nitrogen and oxygen atoms in total. The first-order valence-electron chi connectivity index (χ1n) is 8.82. The van der Waals surface area contributed by atoms with Gasteiger partial charge in [-0.05, 0) is 43.7 Å². The SMILES string of the molecule is Cc1cc2nc(C3CCN(C(=O)CCc4cccs4)CC3)ccn2n1. The minimum atomic E-state index is 0.279. The van der Waals surface area contributed by atoms with Gasteiger partial charge in [0.1, 0.15) is 0 Å². The van der Waals surface area contributed by atoms with E-state index >= 15 is 0 Å². The van der Waals surface area contributed by atoms with Gasteiger partial charge < -0.3 is 4.90 Å². The van der Waals surface area contributed by atoms with Gasteiger partial charge in [-0.1, -0.05) is 6.07 Å². The van der Waals surface area contributed by atoms with Crippen molar-refractivity contribution in [2.24, 2.45) is 0 Å². The summed E-state index contributed by atoms with van der Waals surface area (Å²) in [5.41, 5.74) is 3.01. The predicted octanol–water partition coefficient (Wildman–Crippen LogP) is 3.44.